The summed E-state index contributed by atoms with van der Waals surface area (Å²) in [6.07, 6.45) is 1.89. The largest absolute Gasteiger partial charge is 0.102 e. The van der Waals surface area contributed by atoms with Crippen molar-refractivity contribution in [3.63, 3.8) is 0 Å². The minimum Gasteiger partial charge on any atom is -0.102 e. The second-order valence-electron chi connectivity index (χ2n) is 2.32. The van der Waals surface area contributed by atoms with Crippen LogP contribution in [-0.4, -0.2) is 4.83 Å². The summed E-state index contributed by atoms with van der Waals surface area (Å²) in [6.45, 7) is 10.00. The highest BCUT2D eigenvalue weighted by atomic mass is 79.9. The lowest BCUT2D eigenvalue weighted by molar-refractivity contribution is 1.16. The smallest absolute Gasteiger partial charge is 0.0532 e. The first-order valence-corrected chi connectivity index (χ1v) is 3.91. The van der Waals surface area contributed by atoms with Crippen molar-refractivity contribution in [2.75, 3.05) is 0 Å². The van der Waals surface area contributed by atoms with Gasteiger partial charge in [-0.2, -0.15) is 0 Å². The van der Waals surface area contributed by atoms with Crippen molar-refractivity contribution in [2.24, 2.45) is 0 Å². The Hall–Kier alpha value is -0.0400. The first kappa shape index (κ1) is 8.96. The molecule has 52 valence electrons. The van der Waals surface area contributed by atoms with Gasteiger partial charge in [0.2, 0.25) is 0 Å². The molecule has 0 spiro atoms. The Morgan fingerprint density at radius 2 is 1.89 bits per heavy atom. The molecule has 0 aromatic rings. The zero-order chi connectivity index (χ0) is 7.44. The van der Waals surface area contributed by atoms with Crippen LogP contribution in [0.2, 0.25) is 0 Å². The maximum atomic E-state index is 3.68. The van der Waals surface area contributed by atoms with E-state index in [0.29, 0.717) is 4.83 Å². The highest BCUT2D eigenvalue weighted by molar-refractivity contribution is 9.09. The van der Waals surface area contributed by atoms with Gasteiger partial charge in [-0.15, -0.1) is 6.58 Å². The van der Waals surface area contributed by atoms with Gasteiger partial charge in [0, 0.05) is 0 Å². The zero-order valence-electron chi connectivity index (χ0n) is 6.24. The van der Waals surface area contributed by atoms with E-state index in [-0.39, 0.29) is 0 Å². The van der Waals surface area contributed by atoms with Crippen LogP contribution < -0.4 is 0 Å². The number of alkyl halides is 1. The fourth-order valence-corrected chi connectivity index (χ4v) is 0.910. The molecule has 0 aliphatic heterocycles. The molecule has 1 heteroatoms. The van der Waals surface area contributed by atoms with Crippen molar-refractivity contribution in [1.29, 1.82) is 0 Å². The standard InChI is InChI=1S/C8H13Br/c1-5-8(9)7(4)6(2)3/h5,8H,1H2,2-4H3. The molecule has 0 bridgehead atoms. The predicted molar refractivity (Wildman–Crippen MR) is 47.0 cm³/mol. The molecule has 1 atom stereocenters. The van der Waals surface area contributed by atoms with Crippen LogP contribution in [0.3, 0.4) is 0 Å². The maximum Gasteiger partial charge on any atom is 0.0532 e. The van der Waals surface area contributed by atoms with Crippen molar-refractivity contribution in [3.8, 4) is 0 Å². The molecule has 1 unspecified atom stereocenters. The number of halogens is 1. The average molecular weight is 189 g/mol. The summed E-state index contributed by atoms with van der Waals surface area (Å²) in [5, 5.41) is 0. The summed E-state index contributed by atoms with van der Waals surface area (Å²) in [5.41, 5.74) is 2.71. The molecule has 0 aromatic carbocycles. The first-order valence-electron chi connectivity index (χ1n) is 3.00. The van der Waals surface area contributed by atoms with Gasteiger partial charge in [-0.3, -0.25) is 0 Å². The highest BCUT2D eigenvalue weighted by Gasteiger charge is 2.00. The summed E-state index contributed by atoms with van der Waals surface area (Å²) < 4.78 is 0. The molecule has 0 rings (SSSR count). The molecule has 0 aliphatic carbocycles. The molecule has 0 heterocycles. The number of hydrogen-bond acceptors (Lipinski definition) is 0. The lowest BCUT2D eigenvalue weighted by Gasteiger charge is -2.05. The summed E-state index contributed by atoms with van der Waals surface area (Å²) >= 11 is 3.47. The fraction of sp³-hybridized carbons (Fsp3) is 0.500. The first-order chi connectivity index (χ1) is 4.09. The third kappa shape index (κ3) is 2.85. The molecule has 9 heavy (non-hydrogen) atoms. The summed E-state index contributed by atoms with van der Waals surface area (Å²) in [6, 6.07) is 0. The van der Waals surface area contributed by atoms with Crippen molar-refractivity contribution < 1.29 is 0 Å². The Kier molecular flexibility index (Phi) is 3.87. The minimum atomic E-state index is 0.350. The number of hydrogen-bond donors (Lipinski definition) is 0. The van der Waals surface area contributed by atoms with Gasteiger partial charge in [0.05, 0.1) is 4.83 Å². The summed E-state index contributed by atoms with van der Waals surface area (Å²) in [5.74, 6) is 0. The molecule has 0 nitrogen and oxygen atoms in total. The van der Waals surface area contributed by atoms with Gasteiger partial charge in [-0.25, -0.2) is 0 Å². The molecule has 0 amide bonds. The van der Waals surface area contributed by atoms with Crippen molar-refractivity contribution >= 4 is 15.9 Å². The normalized spacial score (nSPS) is 12.4. The SMILES string of the molecule is C=CC(Br)C(C)=C(C)C. The van der Waals surface area contributed by atoms with Crippen LogP contribution in [-0.2, 0) is 0 Å². The topological polar surface area (TPSA) is 0 Å². The van der Waals surface area contributed by atoms with E-state index in [0.717, 1.165) is 0 Å². The molecule has 0 aromatic heterocycles. The van der Waals surface area contributed by atoms with Gasteiger partial charge in [0.1, 0.15) is 0 Å². The van der Waals surface area contributed by atoms with Crippen molar-refractivity contribution in [2.45, 2.75) is 25.6 Å². The molecule has 0 fully saturated rings. The Morgan fingerprint density at radius 1 is 1.44 bits per heavy atom. The lowest BCUT2D eigenvalue weighted by Crippen LogP contribution is -1.94. The van der Waals surface area contributed by atoms with Crippen molar-refractivity contribution in [3.05, 3.63) is 23.8 Å². The quantitative estimate of drug-likeness (QED) is 0.461. The highest BCUT2D eigenvalue weighted by Crippen LogP contribution is 2.15. The number of allylic oxidation sites excluding steroid dienone is 3. The van der Waals surface area contributed by atoms with Crippen molar-refractivity contribution in [1.82, 2.24) is 0 Å². The van der Waals surface area contributed by atoms with Crippen LogP contribution in [0.15, 0.2) is 23.8 Å². The van der Waals surface area contributed by atoms with Gasteiger partial charge in [0.25, 0.3) is 0 Å². The van der Waals surface area contributed by atoms with Gasteiger partial charge >= 0.3 is 0 Å². The Bertz CT molecular complexity index is 130. The molecule has 0 aliphatic rings. The predicted octanol–water partition coefficient (Wildman–Crippen LogP) is 3.29. The maximum absolute atomic E-state index is 3.68. The van der Waals surface area contributed by atoms with E-state index in [2.05, 4.69) is 43.3 Å². The Balaban J connectivity index is 4.19. The molecule has 0 radical (unpaired) electrons. The van der Waals surface area contributed by atoms with E-state index in [1.54, 1.807) is 0 Å². The van der Waals surface area contributed by atoms with Crippen LogP contribution in [0.4, 0.5) is 0 Å². The van der Waals surface area contributed by atoms with E-state index >= 15 is 0 Å². The molecule has 0 saturated carbocycles. The fourth-order valence-electron chi connectivity index (χ4n) is 0.453. The van der Waals surface area contributed by atoms with Gasteiger partial charge in [-0.1, -0.05) is 33.2 Å². The van der Waals surface area contributed by atoms with Crippen LogP contribution in [0.1, 0.15) is 20.8 Å². The second-order valence-corrected chi connectivity index (χ2v) is 3.31. The van der Waals surface area contributed by atoms with Gasteiger partial charge in [0.15, 0.2) is 0 Å². The van der Waals surface area contributed by atoms with E-state index < -0.39 is 0 Å². The Labute approximate surface area is 65.8 Å². The summed E-state index contributed by atoms with van der Waals surface area (Å²) in [4.78, 5) is 0.350. The van der Waals surface area contributed by atoms with Gasteiger partial charge in [-0.05, 0) is 20.8 Å². The minimum absolute atomic E-state index is 0.350. The molecular weight excluding hydrogens is 176 g/mol. The average Bonchev–Trinajstić information content (AvgIpc) is 1.84. The zero-order valence-corrected chi connectivity index (χ0v) is 7.83. The van der Waals surface area contributed by atoms with Crippen LogP contribution in [0, 0.1) is 0 Å². The van der Waals surface area contributed by atoms with Crippen LogP contribution in [0.25, 0.3) is 0 Å². The van der Waals surface area contributed by atoms with E-state index in [9.17, 15) is 0 Å². The number of rotatable bonds is 2. The van der Waals surface area contributed by atoms with Gasteiger partial charge < -0.3 is 0 Å². The third-order valence-corrected chi connectivity index (χ3v) is 2.47. The van der Waals surface area contributed by atoms with Crippen LogP contribution in [0.5, 0.6) is 0 Å². The van der Waals surface area contributed by atoms with Crippen LogP contribution >= 0.6 is 15.9 Å². The van der Waals surface area contributed by atoms with E-state index in [1.807, 2.05) is 6.08 Å². The third-order valence-electron chi connectivity index (χ3n) is 1.41. The monoisotopic (exact) mass is 188 g/mol. The lowest BCUT2D eigenvalue weighted by atomic mass is 10.1. The Morgan fingerprint density at radius 3 is 2.00 bits per heavy atom. The molecular formula is C8H13Br. The second kappa shape index (κ2) is 3.89. The summed E-state index contributed by atoms with van der Waals surface area (Å²) in [7, 11) is 0. The van der Waals surface area contributed by atoms with E-state index in [1.165, 1.54) is 11.1 Å². The molecule has 0 N–H and O–H groups in total. The van der Waals surface area contributed by atoms with E-state index in [4.69, 9.17) is 0 Å². The molecule has 0 saturated heterocycles.